The number of nitrogens with one attached hydrogen (secondary N) is 1. The molecule has 1 fully saturated rings. The summed E-state index contributed by atoms with van der Waals surface area (Å²) in [6.07, 6.45) is 7.87. The van der Waals surface area contributed by atoms with Crippen molar-refractivity contribution in [1.29, 1.82) is 0 Å². The van der Waals surface area contributed by atoms with Gasteiger partial charge in [-0.1, -0.05) is 24.6 Å². The molecule has 25 heavy (non-hydrogen) atoms. The Morgan fingerprint density at radius 1 is 1.32 bits per heavy atom. The number of nitrogens with zero attached hydrogens (tertiary/aromatic N) is 3. The average Bonchev–Trinajstić information content (AvgIpc) is 2.64. The number of amides is 1. The van der Waals surface area contributed by atoms with Crippen molar-refractivity contribution in [2.45, 2.75) is 45.6 Å². The van der Waals surface area contributed by atoms with Gasteiger partial charge >= 0.3 is 0 Å². The van der Waals surface area contributed by atoms with Gasteiger partial charge in [-0.05, 0) is 50.3 Å². The highest BCUT2D eigenvalue weighted by molar-refractivity contribution is 6.31. The molecule has 1 N–H and O–H groups in total. The third-order valence-corrected chi connectivity index (χ3v) is 4.94. The summed E-state index contributed by atoms with van der Waals surface area (Å²) < 4.78 is 0. The van der Waals surface area contributed by atoms with E-state index in [0.29, 0.717) is 28.3 Å². The van der Waals surface area contributed by atoms with Gasteiger partial charge in [0, 0.05) is 35.7 Å². The molecule has 5 nitrogen and oxygen atoms in total. The highest BCUT2D eigenvalue weighted by Crippen LogP contribution is 2.24. The fraction of sp³-hybridized carbons (Fsp3) is 0.421. The van der Waals surface area contributed by atoms with E-state index in [1.807, 2.05) is 13.0 Å². The molecule has 2 heterocycles. The molecule has 1 aliphatic heterocycles. The van der Waals surface area contributed by atoms with Crippen LogP contribution in [0.1, 0.15) is 48.5 Å². The maximum atomic E-state index is 12.4. The molecule has 132 valence electrons. The van der Waals surface area contributed by atoms with E-state index in [9.17, 15) is 4.79 Å². The number of hydrogen-bond donors (Lipinski definition) is 1. The van der Waals surface area contributed by atoms with Crippen LogP contribution in [0, 0.1) is 6.92 Å². The minimum atomic E-state index is -0.234. The fourth-order valence-electron chi connectivity index (χ4n) is 3.20. The highest BCUT2D eigenvalue weighted by Gasteiger charge is 2.23. The van der Waals surface area contributed by atoms with Crippen LogP contribution in [0.15, 0.2) is 30.6 Å². The quantitative estimate of drug-likeness (QED) is 0.876. The Kier molecular flexibility index (Phi) is 5.53. The largest absolute Gasteiger partial charge is 0.338 e. The van der Waals surface area contributed by atoms with E-state index in [-0.39, 0.29) is 5.91 Å². The molecule has 2 aromatic rings. The van der Waals surface area contributed by atoms with Crippen LogP contribution in [0.3, 0.4) is 0 Å². The molecule has 1 unspecified atom stereocenters. The number of aryl methyl sites for hydroxylation is 1. The van der Waals surface area contributed by atoms with E-state index in [4.69, 9.17) is 11.6 Å². The van der Waals surface area contributed by atoms with Crippen molar-refractivity contribution < 1.29 is 4.79 Å². The number of piperidine rings is 1. The second-order valence-electron chi connectivity index (χ2n) is 6.44. The SMILES string of the molecule is CCC1CCCCN1c1ncc(C(=O)Nc2cc(Cl)ccc2C)cn1. The predicted octanol–water partition coefficient (Wildman–Crippen LogP) is 4.46. The summed E-state index contributed by atoms with van der Waals surface area (Å²) in [4.78, 5) is 23.6. The van der Waals surface area contributed by atoms with Crippen LogP contribution in [0.2, 0.25) is 5.02 Å². The molecule has 1 aliphatic rings. The molecule has 0 saturated carbocycles. The van der Waals surface area contributed by atoms with Gasteiger partial charge in [0.05, 0.1) is 5.56 Å². The third kappa shape index (κ3) is 4.10. The first kappa shape index (κ1) is 17.7. The molecule has 6 heteroatoms. The van der Waals surface area contributed by atoms with Gasteiger partial charge in [-0.15, -0.1) is 0 Å². The van der Waals surface area contributed by atoms with E-state index in [1.165, 1.54) is 12.8 Å². The molecule has 0 bridgehead atoms. The molecule has 1 atom stereocenters. The zero-order valence-electron chi connectivity index (χ0n) is 14.6. The lowest BCUT2D eigenvalue weighted by atomic mass is 10.0. The topological polar surface area (TPSA) is 58.1 Å². The molecule has 3 rings (SSSR count). The van der Waals surface area contributed by atoms with Gasteiger partial charge in [-0.25, -0.2) is 9.97 Å². The van der Waals surface area contributed by atoms with Crippen molar-refractivity contribution in [2.24, 2.45) is 0 Å². The monoisotopic (exact) mass is 358 g/mol. The second kappa shape index (κ2) is 7.83. The van der Waals surface area contributed by atoms with Crippen LogP contribution in [-0.4, -0.2) is 28.5 Å². The van der Waals surface area contributed by atoms with E-state index >= 15 is 0 Å². The maximum absolute atomic E-state index is 12.4. The van der Waals surface area contributed by atoms with Gasteiger partial charge in [-0.2, -0.15) is 0 Å². The van der Waals surface area contributed by atoms with Crippen LogP contribution >= 0.6 is 11.6 Å². The molecular formula is C19H23ClN4O. The van der Waals surface area contributed by atoms with Crippen molar-refractivity contribution in [1.82, 2.24) is 9.97 Å². The van der Waals surface area contributed by atoms with Gasteiger partial charge < -0.3 is 10.2 Å². The molecule has 1 amide bonds. The van der Waals surface area contributed by atoms with E-state index in [2.05, 4.69) is 27.1 Å². The molecule has 0 spiro atoms. The zero-order chi connectivity index (χ0) is 17.8. The lowest BCUT2D eigenvalue weighted by molar-refractivity contribution is 0.102. The Bertz CT molecular complexity index is 748. The summed E-state index contributed by atoms with van der Waals surface area (Å²) in [5.74, 6) is 0.477. The number of hydrogen-bond acceptors (Lipinski definition) is 4. The van der Waals surface area contributed by atoms with Crippen molar-refractivity contribution >= 4 is 29.1 Å². The maximum Gasteiger partial charge on any atom is 0.258 e. The van der Waals surface area contributed by atoms with E-state index in [0.717, 1.165) is 24.9 Å². The lowest BCUT2D eigenvalue weighted by Gasteiger charge is -2.35. The minimum Gasteiger partial charge on any atom is -0.338 e. The zero-order valence-corrected chi connectivity index (χ0v) is 15.4. The molecular weight excluding hydrogens is 336 g/mol. The first-order valence-corrected chi connectivity index (χ1v) is 9.12. The number of carbonyl (C=O) groups is 1. The first-order chi connectivity index (χ1) is 12.1. The number of rotatable bonds is 4. The Morgan fingerprint density at radius 3 is 2.80 bits per heavy atom. The molecule has 1 aromatic heterocycles. The van der Waals surface area contributed by atoms with Gasteiger partial charge in [-0.3, -0.25) is 4.79 Å². The molecule has 1 aromatic carbocycles. The fourth-order valence-corrected chi connectivity index (χ4v) is 3.37. The summed E-state index contributed by atoms with van der Waals surface area (Å²) >= 11 is 6.00. The average molecular weight is 359 g/mol. The Balaban J connectivity index is 1.73. The Labute approximate surface area is 153 Å². The Morgan fingerprint density at radius 2 is 2.08 bits per heavy atom. The minimum absolute atomic E-state index is 0.234. The van der Waals surface area contributed by atoms with Crippen LogP contribution in [0.5, 0.6) is 0 Å². The normalized spacial score (nSPS) is 17.4. The van der Waals surface area contributed by atoms with Gasteiger partial charge in [0.15, 0.2) is 0 Å². The Hall–Kier alpha value is -2.14. The standard InChI is InChI=1S/C19H23ClN4O/c1-3-16-6-4-5-9-24(16)19-21-11-14(12-22-19)18(25)23-17-10-15(20)8-7-13(17)2/h7-8,10-12,16H,3-6,9H2,1-2H3,(H,23,25). The number of halogens is 1. The van der Waals surface area contributed by atoms with Gasteiger partial charge in [0.25, 0.3) is 5.91 Å². The molecule has 0 aliphatic carbocycles. The van der Waals surface area contributed by atoms with Crippen molar-refractivity contribution in [3.63, 3.8) is 0 Å². The smallest absolute Gasteiger partial charge is 0.258 e. The van der Waals surface area contributed by atoms with Gasteiger partial charge in [0.1, 0.15) is 0 Å². The summed E-state index contributed by atoms with van der Waals surface area (Å²) in [5, 5.41) is 3.46. The highest BCUT2D eigenvalue weighted by atomic mass is 35.5. The molecule has 1 saturated heterocycles. The predicted molar refractivity (Wildman–Crippen MR) is 101 cm³/mol. The second-order valence-corrected chi connectivity index (χ2v) is 6.87. The summed E-state index contributed by atoms with van der Waals surface area (Å²) in [5.41, 5.74) is 2.09. The molecule has 0 radical (unpaired) electrons. The summed E-state index contributed by atoms with van der Waals surface area (Å²) in [6.45, 7) is 5.09. The van der Waals surface area contributed by atoms with Crippen molar-refractivity contribution in [2.75, 3.05) is 16.8 Å². The van der Waals surface area contributed by atoms with Crippen LogP contribution in [0.4, 0.5) is 11.6 Å². The van der Waals surface area contributed by atoms with Crippen LogP contribution in [-0.2, 0) is 0 Å². The number of aromatic nitrogens is 2. The van der Waals surface area contributed by atoms with Crippen LogP contribution in [0.25, 0.3) is 0 Å². The van der Waals surface area contributed by atoms with Crippen molar-refractivity contribution in [3.8, 4) is 0 Å². The summed E-state index contributed by atoms with van der Waals surface area (Å²) in [6, 6.07) is 5.90. The van der Waals surface area contributed by atoms with E-state index < -0.39 is 0 Å². The van der Waals surface area contributed by atoms with Crippen molar-refractivity contribution in [3.05, 3.63) is 46.7 Å². The first-order valence-electron chi connectivity index (χ1n) is 8.74. The van der Waals surface area contributed by atoms with Gasteiger partial charge in [0.2, 0.25) is 5.95 Å². The third-order valence-electron chi connectivity index (χ3n) is 4.70. The number of anilines is 2. The lowest BCUT2D eigenvalue weighted by Crippen LogP contribution is -2.40. The van der Waals surface area contributed by atoms with E-state index in [1.54, 1.807) is 24.5 Å². The summed E-state index contributed by atoms with van der Waals surface area (Å²) in [7, 11) is 0. The van der Waals surface area contributed by atoms with Crippen LogP contribution < -0.4 is 10.2 Å². The number of carbonyl (C=O) groups excluding carboxylic acids is 1. The number of benzene rings is 1.